The number of non-ortho nitro benzene ring substituents is 1. The summed E-state index contributed by atoms with van der Waals surface area (Å²) in [6.07, 6.45) is 0. The first-order valence-corrected chi connectivity index (χ1v) is 4.13. The number of benzene rings is 1. The highest BCUT2D eigenvalue weighted by molar-refractivity contribution is 5.69. The molecular weight excluding hydrogens is 184 g/mol. The van der Waals surface area contributed by atoms with Crippen molar-refractivity contribution in [3.8, 4) is 0 Å². The zero-order chi connectivity index (χ0) is 10.6. The van der Waals surface area contributed by atoms with Crippen molar-refractivity contribution < 1.29 is 4.92 Å². The van der Waals surface area contributed by atoms with E-state index in [2.05, 4.69) is 5.32 Å². The number of hydrogen-bond donors (Lipinski definition) is 3. The third kappa shape index (κ3) is 2.33. The standard InChI is InChI=1S/C8H12N4O2/c9-3-4-11-8-2-1-6(12(13)14)5-7(8)10/h1-2,5,11H,3-4,9-10H2. The lowest BCUT2D eigenvalue weighted by Gasteiger charge is -2.07. The summed E-state index contributed by atoms with van der Waals surface area (Å²) in [7, 11) is 0. The molecule has 0 spiro atoms. The van der Waals surface area contributed by atoms with Crippen molar-refractivity contribution in [1.29, 1.82) is 0 Å². The largest absolute Gasteiger partial charge is 0.397 e. The van der Waals surface area contributed by atoms with Gasteiger partial charge in [-0.3, -0.25) is 10.1 Å². The molecule has 0 unspecified atom stereocenters. The van der Waals surface area contributed by atoms with E-state index >= 15 is 0 Å². The molecule has 1 rings (SSSR count). The Kier molecular flexibility index (Phi) is 3.24. The highest BCUT2D eigenvalue weighted by Gasteiger charge is 2.07. The van der Waals surface area contributed by atoms with E-state index in [9.17, 15) is 10.1 Å². The van der Waals surface area contributed by atoms with Gasteiger partial charge in [-0.1, -0.05) is 0 Å². The smallest absolute Gasteiger partial charge is 0.271 e. The Balaban J connectivity index is 2.84. The fourth-order valence-corrected chi connectivity index (χ4v) is 1.03. The summed E-state index contributed by atoms with van der Waals surface area (Å²) in [5.74, 6) is 0. The Bertz CT molecular complexity index is 340. The predicted octanol–water partition coefficient (Wildman–Crippen LogP) is 0.548. The summed E-state index contributed by atoms with van der Waals surface area (Å²) in [6.45, 7) is 1.07. The lowest BCUT2D eigenvalue weighted by molar-refractivity contribution is -0.384. The van der Waals surface area contributed by atoms with E-state index in [1.54, 1.807) is 6.07 Å². The summed E-state index contributed by atoms with van der Waals surface area (Å²) in [5, 5.41) is 13.3. The molecule has 0 aliphatic carbocycles. The minimum absolute atomic E-state index is 0.0131. The van der Waals surface area contributed by atoms with E-state index in [-0.39, 0.29) is 5.69 Å². The lowest BCUT2D eigenvalue weighted by Crippen LogP contribution is -2.14. The zero-order valence-corrected chi connectivity index (χ0v) is 7.56. The molecule has 76 valence electrons. The fourth-order valence-electron chi connectivity index (χ4n) is 1.03. The van der Waals surface area contributed by atoms with Crippen LogP contribution in [0, 0.1) is 10.1 Å². The molecule has 0 atom stereocenters. The highest BCUT2D eigenvalue weighted by Crippen LogP contribution is 2.23. The van der Waals surface area contributed by atoms with Crippen LogP contribution in [0.5, 0.6) is 0 Å². The van der Waals surface area contributed by atoms with Gasteiger partial charge in [-0.2, -0.15) is 0 Å². The van der Waals surface area contributed by atoms with Gasteiger partial charge >= 0.3 is 0 Å². The first-order valence-electron chi connectivity index (χ1n) is 4.13. The minimum atomic E-state index is -0.483. The van der Waals surface area contributed by atoms with Gasteiger partial charge in [0.25, 0.3) is 5.69 Å². The van der Waals surface area contributed by atoms with E-state index in [4.69, 9.17) is 11.5 Å². The summed E-state index contributed by atoms with van der Waals surface area (Å²) >= 11 is 0. The number of nitrogens with one attached hydrogen (secondary N) is 1. The van der Waals surface area contributed by atoms with Gasteiger partial charge in [0.05, 0.1) is 16.3 Å². The van der Waals surface area contributed by atoms with Gasteiger partial charge in [0.2, 0.25) is 0 Å². The summed E-state index contributed by atoms with van der Waals surface area (Å²) in [4.78, 5) is 9.91. The topological polar surface area (TPSA) is 107 Å². The van der Waals surface area contributed by atoms with Crippen molar-refractivity contribution in [3.63, 3.8) is 0 Å². The van der Waals surface area contributed by atoms with Gasteiger partial charge in [-0.15, -0.1) is 0 Å². The van der Waals surface area contributed by atoms with Crippen LogP contribution in [0.15, 0.2) is 18.2 Å². The maximum absolute atomic E-state index is 10.4. The molecule has 0 saturated carbocycles. The molecule has 5 N–H and O–H groups in total. The third-order valence-electron chi connectivity index (χ3n) is 1.71. The molecule has 6 heteroatoms. The number of nitrogen functional groups attached to an aromatic ring is 1. The molecule has 0 fully saturated rings. The van der Waals surface area contributed by atoms with Crippen LogP contribution in [-0.4, -0.2) is 18.0 Å². The van der Waals surface area contributed by atoms with Crippen LogP contribution in [0.3, 0.4) is 0 Å². The first-order chi connectivity index (χ1) is 6.65. The summed E-state index contributed by atoms with van der Waals surface area (Å²) < 4.78 is 0. The third-order valence-corrected chi connectivity index (χ3v) is 1.71. The fraction of sp³-hybridized carbons (Fsp3) is 0.250. The second-order valence-corrected chi connectivity index (χ2v) is 2.74. The average Bonchev–Trinajstić information content (AvgIpc) is 2.15. The van der Waals surface area contributed by atoms with Gasteiger partial charge in [0, 0.05) is 25.2 Å². The van der Waals surface area contributed by atoms with Crippen LogP contribution in [0.25, 0.3) is 0 Å². The quantitative estimate of drug-likeness (QED) is 0.370. The van der Waals surface area contributed by atoms with Gasteiger partial charge < -0.3 is 16.8 Å². The molecule has 0 heterocycles. The number of nitro benzene ring substituents is 1. The molecule has 0 saturated heterocycles. The van der Waals surface area contributed by atoms with Crippen LogP contribution in [0.1, 0.15) is 0 Å². The molecule has 0 aromatic heterocycles. The zero-order valence-electron chi connectivity index (χ0n) is 7.56. The second kappa shape index (κ2) is 4.43. The SMILES string of the molecule is NCCNc1ccc([N+](=O)[O-])cc1N. The molecule has 14 heavy (non-hydrogen) atoms. The average molecular weight is 196 g/mol. The van der Waals surface area contributed by atoms with Crippen LogP contribution >= 0.6 is 0 Å². The van der Waals surface area contributed by atoms with E-state index in [1.807, 2.05) is 0 Å². The number of nitro groups is 1. The van der Waals surface area contributed by atoms with Crippen LogP contribution < -0.4 is 16.8 Å². The van der Waals surface area contributed by atoms with Crippen molar-refractivity contribution in [1.82, 2.24) is 0 Å². The molecule has 0 aliphatic heterocycles. The Morgan fingerprint density at radius 1 is 1.50 bits per heavy atom. The Morgan fingerprint density at radius 2 is 2.21 bits per heavy atom. The van der Waals surface area contributed by atoms with Crippen molar-refractivity contribution in [3.05, 3.63) is 28.3 Å². The number of hydrogen-bond acceptors (Lipinski definition) is 5. The molecule has 0 aliphatic rings. The van der Waals surface area contributed by atoms with E-state index in [0.29, 0.717) is 24.5 Å². The Labute approximate surface area is 81.0 Å². The molecule has 6 nitrogen and oxygen atoms in total. The first kappa shape index (κ1) is 10.3. The second-order valence-electron chi connectivity index (χ2n) is 2.74. The number of anilines is 2. The molecule has 1 aromatic rings. The molecule has 1 aromatic carbocycles. The van der Waals surface area contributed by atoms with Crippen LogP contribution in [0.4, 0.5) is 17.1 Å². The highest BCUT2D eigenvalue weighted by atomic mass is 16.6. The van der Waals surface area contributed by atoms with Gasteiger partial charge in [-0.25, -0.2) is 0 Å². The monoisotopic (exact) mass is 196 g/mol. The molecule has 0 bridgehead atoms. The van der Waals surface area contributed by atoms with Crippen LogP contribution in [-0.2, 0) is 0 Å². The molecule has 0 radical (unpaired) electrons. The molecule has 0 amide bonds. The van der Waals surface area contributed by atoms with Crippen molar-refractivity contribution in [2.45, 2.75) is 0 Å². The van der Waals surface area contributed by atoms with E-state index in [0.717, 1.165) is 0 Å². The summed E-state index contributed by atoms with van der Waals surface area (Å²) in [5.41, 5.74) is 11.9. The maximum Gasteiger partial charge on any atom is 0.271 e. The Hall–Kier alpha value is -1.82. The van der Waals surface area contributed by atoms with Crippen molar-refractivity contribution in [2.75, 3.05) is 24.1 Å². The maximum atomic E-state index is 10.4. The predicted molar refractivity (Wildman–Crippen MR) is 55.1 cm³/mol. The van der Waals surface area contributed by atoms with Gasteiger partial charge in [-0.05, 0) is 6.07 Å². The van der Waals surface area contributed by atoms with E-state index < -0.39 is 4.92 Å². The number of rotatable bonds is 4. The number of nitrogens with zero attached hydrogens (tertiary/aromatic N) is 1. The van der Waals surface area contributed by atoms with Crippen molar-refractivity contribution in [2.24, 2.45) is 5.73 Å². The normalized spacial score (nSPS) is 9.79. The van der Waals surface area contributed by atoms with Crippen molar-refractivity contribution >= 4 is 17.1 Å². The van der Waals surface area contributed by atoms with E-state index in [1.165, 1.54) is 12.1 Å². The van der Waals surface area contributed by atoms with Gasteiger partial charge in [0.15, 0.2) is 0 Å². The lowest BCUT2D eigenvalue weighted by atomic mass is 10.2. The minimum Gasteiger partial charge on any atom is -0.397 e. The molecular formula is C8H12N4O2. The number of nitrogens with two attached hydrogens (primary N) is 2. The van der Waals surface area contributed by atoms with Gasteiger partial charge in [0.1, 0.15) is 0 Å². The Morgan fingerprint density at radius 3 is 2.71 bits per heavy atom. The van der Waals surface area contributed by atoms with Crippen LogP contribution in [0.2, 0.25) is 0 Å². The summed E-state index contributed by atoms with van der Waals surface area (Å²) in [6, 6.07) is 4.29.